The number of carboxylic acids is 1. The maximum atomic E-state index is 11.3. The van der Waals surface area contributed by atoms with Gasteiger partial charge in [-0.15, -0.1) is 0 Å². The van der Waals surface area contributed by atoms with Crippen LogP contribution in [0.15, 0.2) is 40.4 Å². The van der Waals surface area contributed by atoms with Crippen LogP contribution in [0.5, 0.6) is 0 Å². The van der Waals surface area contributed by atoms with Crippen LogP contribution >= 0.6 is 15.9 Å². The lowest BCUT2D eigenvalue weighted by molar-refractivity contribution is -0.134. The Labute approximate surface area is 93.8 Å². The molecule has 1 aliphatic carbocycles. The predicted molar refractivity (Wildman–Crippen MR) is 58.1 cm³/mol. The van der Waals surface area contributed by atoms with E-state index < -0.39 is 11.9 Å². The van der Waals surface area contributed by atoms with E-state index >= 15 is 0 Å². The zero-order valence-corrected chi connectivity index (χ0v) is 9.06. The first-order valence-electron chi connectivity index (χ1n) is 4.20. The number of carbonyl (C=O) groups is 2. The van der Waals surface area contributed by atoms with E-state index in [4.69, 9.17) is 5.11 Å². The number of halogens is 1. The molecule has 0 saturated carbocycles. The highest BCUT2D eigenvalue weighted by atomic mass is 79.9. The molecule has 1 N–H and O–H groups in total. The number of alkyl halides is 1. The summed E-state index contributed by atoms with van der Waals surface area (Å²) in [6.07, 6.45) is 6.68. The van der Waals surface area contributed by atoms with Gasteiger partial charge in [-0.05, 0) is 17.7 Å². The molecular formula is C10H6BrNO3. The number of amides is 1. The highest BCUT2D eigenvalue weighted by Crippen LogP contribution is 2.21. The summed E-state index contributed by atoms with van der Waals surface area (Å²) in [5.41, 5.74) is 0.886. The maximum absolute atomic E-state index is 11.3. The Kier molecular flexibility index (Phi) is 2.40. The second-order valence-corrected chi connectivity index (χ2v) is 4.15. The quantitative estimate of drug-likeness (QED) is 0.574. The maximum Gasteiger partial charge on any atom is 0.341 e. The van der Waals surface area contributed by atoms with Crippen LogP contribution in [0.2, 0.25) is 0 Å². The van der Waals surface area contributed by atoms with Crippen LogP contribution in [-0.4, -0.2) is 27.5 Å². The van der Waals surface area contributed by atoms with Crippen molar-refractivity contribution < 1.29 is 14.7 Å². The molecule has 1 heterocycles. The van der Waals surface area contributed by atoms with E-state index in [1.54, 1.807) is 12.2 Å². The normalized spacial score (nSPS) is 23.9. The molecule has 0 aromatic heterocycles. The van der Waals surface area contributed by atoms with Crippen molar-refractivity contribution in [2.75, 3.05) is 0 Å². The Morgan fingerprint density at radius 3 is 2.93 bits per heavy atom. The fourth-order valence-corrected chi connectivity index (χ4v) is 1.79. The second-order valence-electron chi connectivity index (χ2n) is 3.09. The number of rotatable bonds is 1. The zero-order valence-electron chi connectivity index (χ0n) is 7.48. The number of carbonyl (C=O) groups excluding carboxylic acids is 1. The van der Waals surface area contributed by atoms with Crippen LogP contribution in [0.4, 0.5) is 0 Å². The number of nitrogens with zero attached hydrogens (tertiary/aromatic N) is 1. The van der Waals surface area contributed by atoms with Gasteiger partial charge in [0.05, 0.1) is 10.5 Å². The number of dihydropyridines is 1. The van der Waals surface area contributed by atoms with E-state index in [-0.39, 0.29) is 10.4 Å². The third kappa shape index (κ3) is 1.83. The van der Waals surface area contributed by atoms with E-state index in [2.05, 4.69) is 20.9 Å². The molecule has 0 fully saturated rings. The van der Waals surface area contributed by atoms with Crippen LogP contribution < -0.4 is 0 Å². The highest BCUT2D eigenvalue weighted by Gasteiger charge is 2.24. The van der Waals surface area contributed by atoms with Crippen molar-refractivity contribution in [2.45, 2.75) is 4.83 Å². The molecule has 1 amide bonds. The summed E-state index contributed by atoms with van der Waals surface area (Å²) in [4.78, 5) is 25.7. The molecule has 1 unspecified atom stereocenters. The van der Waals surface area contributed by atoms with Crippen molar-refractivity contribution in [3.63, 3.8) is 0 Å². The molecule has 5 heteroatoms. The van der Waals surface area contributed by atoms with Gasteiger partial charge < -0.3 is 5.11 Å². The van der Waals surface area contributed by atoms with Crippen molar-refractivity contribution in [2.24, 2.45) is 4.99 Å². The molecule has 2 aliphatic rings. The van der Waals surface area contributed by atoms with Crippen LogP contribution in [0.3, 0.4) is 0 Å². The van der Waals surface area contributed by atoms with Gasteiger partial charge in [0.2, 0.25) is 0 Å². The molecule has 0 radical (unpaired) electrons. The van der Waals surface area contributed by atoms with Gasteiger partial charge in [-0.2, -0.15) is 0 Å². The van der Waals surface area contributed by atoms with Gasteiger partial charge in [-0.1, -0.05) is 28.1 Å². The summed E-state index contributed by atoms with van der Waals surface area (Å²) in [6, 6.07) is 0. The molecular weight excluding hydrogens is 262 g/mol. The molecule has 0 aromatic carbocycles. The molecule has 2 rings (SSSR count). The summed E-state index contributed by atoms with van der Waals surface area (Å²) in [5, 5.41) is 8.75. The van der Waals surface area contributed by atoms with Crippen LogP contribution in [0, 0.1) is 0 Å². The van der Waals surface area contributed by atoms with Crippen LogP contribution in [0.1, 0.15) is 0 Å². The van der Waals surface area contributed by atoms with Crippen LogP contribution in [-0.2, 0) is 9.59 Å². The molecule has 0 saturated heterocycles. The summed E-state index contributed by atoms with van der Waals surface area (Å²) in [6.45, 7) is 0. The minimum atomic E-state index is -1.25. The standard InChI is InChI=1S/C10H6BrNO3/c11-6-1-2-8-5(3-6)4-7(10(14)15)9(13)12-8/h1-4,6H,(H,14,15). The monoisotopic (exact) mass is 267 g/mol. The first kappa shape index (κ1) is 10.0. The first-order chi connectivity index (χ1) is 7.08. The number of hydrogen-bond acceptors (Lipinski definition) is 2. The second kappa shape index (κ2) is 3.58. The third-order valence-electron chi connectivity index (χ3n) is 2.06. The number of aliphatic imine (C=N–C) groups is 1. The Morgan fingerprint density at radius 1 is 1.53 bits per heavy atom. The average molecular weight is 268 g/mol. The molecule has 15 heavy (non-hydrogen) atoms. The lowest BCUT2D eigenvalue weighted by atomic mass is 9.98. The van der Waals surface area contributed by atoms with Gasteiger partial charge in [-0.3, -0.25) is 4.79 Å². The molecule has 76 valence electrons. The summed E-state index contributed by atoms with van der Waals surface area (Å²) in [7, 11) is 0. The number of hydrogen-bond donors (Lipinski definition) is 1. The van der Waals surface area contributed by atoms with Crippen molar-refractivity contribution in [1.29, 1.82) is 0 Å². The molecule has 0 spiro atoms. The predicted octanol–water partition coefficient (Wildman–Crippen LogP) is 1.24. The summed E-state index contributed by atoms with van der Waals surface area (Å²) >= 11 is 3.34. The van der Waals surface area contributed by atoms with Crippen molar-refractivity contribution in [3.8, 4) is 0 Å². The molecule has 1 aliphatic heterocycles. The van der Waals surface area contributed by atoms with Gasteiger partial charge >= 0.3 is 5.97 Å². The molecule has 1 atom stereocenters. The molecule has 0 aromatic rings. The first-order valence-corrected chi connectivity index (χ1v) is 5.12. The smallest absolute Gasteiger partial charge is 0.341 e. The average Bonchev–Trinajstić information content (AvgIpc) is 2.17. The summed E-state index contributed by atoms with van der Waals surface area (Å²) in [5.74, 6) is -1.95. The number of allylic oxidation sites excluding steroid dienone is 5. The van der Waals surface area contributed by atoms with E-state index in [0.717, 1.165) is 0 Å². The van der Waals surface area contributed by atoms with E-state index in [0.29, 0.717) is 11.3 Å². The lowest BCUT2D eigenvalue weighted by Gasteiger charge is -2.14. The zero-order chi connectivity index (χ0) is 11.0. The molecule has 4 nitrogen and oxygen atoms in total. The van der Waals surface area contributed by atoms with Gasteiger partial charge in [0.25, 0.3) is 5.91 Å². The number of carboxylic acid groups (broad SMARTS) is 1. The van der Waals surface area contributed by atoms with Gasteiger partial charge in [0.15, 0.2) is 0 Å². The van der Waals surface area contributed by atoms with Gasteiger partial charge in [0, 0.05) is 0 Å². The topological polar surface area (TPSA) is 66.7 Å². The number of aliphatic carboxylic acids is 1. The Morgan fingerprint density at radius 2 is 2.27 bits per heavy atom. The van der Waals surface area contributed by atoms with E-state index in [1.165, 1.54) is 6.08 Å². The minimum Gasteiger partial charge on any atom is -0.477 e. The van der Waals surface area contributed by atoms with E-state index in [1.807, 2.05) is 6.08 Å². The fraction of sp³-hybridized carbons (Fsp3) is 0.100. The Hall–Kier alpha value is -1.49. The van der Waals surface area contributed by atoms with Gasteiger partial charge in [0.1, 0.15) is 5.57 Å². The van der Waals surface area contributed by atoms with Crippen molar-refractivity contribution in [1.82, 2.24) is 0 Å². The van der Waals surface area contributed by atoms with E-state index in [9.17, 15) is 9.59 Å². The van der Waals surface area contributed by atoms with Crippen molar-refractivity contribution >= 4 is 33.5 Å². The lowest BCUT2D eigenvalue weighted by Crippen LogP contribution is -2.20. The number of fused-ring (bicyclic) bond motifs is 1. The minimum absolute atomic E-state index is 0.0472. The van der Waals surface area contributed by atoms with Crippen LogP contribution in [0.25, 0.3) is 0 Å². The highest BCUT2D eigenvalue weighted by molar-refractivity contribution is 9.09. The summed E-state index contributed by atoms with van der Waals surface area (Å²) < 4.78 is 0. The van der Waals surface area contributed by atoms with Gasteiger partial charge in [-0.25, -0.2) is 9.79 Å². The Bertz CT molecular complexity index is 471. The molecule has 0 bridgehead atoms. The van der Waals surface area contributed by atoms with Crippen molar-refractivity contribution in [3.05, 3.63) is 35.5 Å². The third-order valence-corrected chi connectivity index (χ3v) is 2.62. The SMILES string of the molecule is O=C(O)C1=CC2=CC(Br)C=CC2=NC1=O. The largest absolute Gasteiger partial charge is 0.477 e. The fourth-order valence-electron chi connectivity index (χ4n) is 1.36. The Balaban J connectivity index is 2.46.